The largest absolute Gasteiger partial charge is 0.377 e. The minimum absolute atomic E-state index is 0.354. The van der Waals surface area contributed by atoms with Crippen LogP contribution in [0.1, 0.15) is 20.8 Å². The fourth-order valence-corrected chi connectivity index (χ4v) is 1.93. The Morgan fingerprint density at radius 2 is 1.75 bits per heavy atom. The highest BCUT2D eigenvalue weighted by atomic mass is 32.2. The van der Waals surface area contributed by atoms with Gasteiger partial charge >= 0.3 is 0 Å². The van der Waals surface area contributed by atoms with E-state index in [4.69, 9.17) is 4.74 Å². The molecule has 0 aromatic heterocycles. The standard InChI is InChI=1S/C5H11NO3S.C2H6/c1-5(3-9-4-5)6-10(2,7)8;1-2/h6H,3-4H2,1-2H3;1-2H3. The summed E-state index contributed by atoms with van der Waals surface area (Å²) < 4.78 is 28.7. The molecular weight excluding hydrogens is 178 g/mol. The first-order chi connectivity index (χ1) is 5.41. The molecule has 1 saturated heterocycles. The molecule has 1 aliphatic heterocycles. The van der Waals surface area contributed by atoms with Gasteiger partial charge in [0, 0.05) is 0 Å². The van der Waals surface area contributed by atoms with E-state index in [1.807, 2.05) is 20.8 Å². The van der Waals surface area contributed by atoms with E-state index in [1.54, 1.807) is 0 Å². The number of hydrogen-bond donors (Lipinski definition) is 1. The van der Waals surface area contributed by atoms with Crippen molar-refractivity contribution in [2.45, 2.75) is 26.3 Å². The monoisotopic (exact) mass is 195 g/mol. The number of hydrogen-bond acceptors (Lipinski definition) is 3. The summed E-state index contributed by atoms with van der Waals surface area (Å²) in [5.74, 6) is 0. The molecule has 0 amide bonds. The minimum Gasteiger partial charge on any atom is -0.377 e. The Kier molecular flexibility index (Phi) is 4.16. The molecule has 1 fully saturated rings. The first-order valence-corrected chi connectivity index (χ1v) is 5.87. The topological polar surface area (TPSA) is 55.4 Å². The molecular formula is C7H17NO3S. The summed E-state index contributed by atoms with van der Waals surface area (Å²) in [7, 11) is -3.07. The van der Waals surface area contributed by atoms with Crippen LogP contribution in [0.4, 0.5) is 0 Å². The van der Waals surface area contributed by atoms with Crippen molar-refractivity contribution in [3.05, 3.63) is 0 Å². The van der Waals surface area contributed by atoms with Crippen molar-refractivity contribution >= 4 is 10.0 Å². The summed E-state index contributed by atoms with van der Waals surface area (Å²) in [5, 5.41) is 0. The Labute approximate surface area is 74.4 Å². The molecule has 74 valence electrons. The van der Waals surface area contributed by atoms with Gasteiger partial charge in [0.15, 0.2) is 0 Å². The Balaban J connectivity index is 0.000000561. The first-order valence-electron chi connectivity index (χ1n) is 3.98. The Hall–Kier alpha value is -0.130. The molecule has 0 bridgehead atoms. The summed E-state index contributed by atoms with van der Waals surface area (Å²) in [6.07, 6.45) is 1.15. The molecule has 0 atom stereocenters. The molecule has 0 spiro atoms. The predicted molar refractivity (Wildman–Crippen MR) is 48.6 cm³/mol. The van der Waals surface area contributed by atoms with Crippen molar-refractivity contribution in [2.75, 3.05) is 19.5 Å². The molecule has 0 aromatic carbocycles. The van der Waals surface area contributed by atoms with Crippen LogP contribution in [0.25, 0.3) is 0 Å². The predicted octanol–water partition coefficient (Wildman–Crippen LogP) is 0.351. The van der Waals surface area contributed by atoms with Crippen molar-refractivity contribution in [3.63, 3.8) is 0 Å². The van der Waals surface area contributed by atoms with Crippen molar-refractivity contribution in [1.82, 2.24) is 4.72 Å². The molecule has 1 aliphatic rings. The number of rotatable bonds is 2. The first kappa shape index (κ1) is 11.9. The summed E-state index contributed by atoms with van der Waals surface area (Å²) in [5.41, 5.74) is -0.354. The number of sulfonamides is 1. The lowest BCUT2D eigenvalue weighted by molar-refractivity contribution is -0.0522. The summed E-state index contributed by atoms with van der Waals surface area (Å²) in [6.45, 7) is 6.76. The zero-order chi connectivity index (χ0) is 9.83. The van der Waals surface area contributed by atoms with Gasteiger partial charge in [-0.3, -0.25) is 0 Å². The lowest BCUT2D eigenvalue weighted by Gasteiger charge is -2.37. The fraction of sp³-hybridized carbons (Fsp3) is 1.00. The second kappa shape index (κ2) is 4.20. The van der Waals surface area contributed by atoms with E-state index in [-0.39, 0.29) is 5.54 Å². The zero-order valence-electron chi connectivity index (χ0n) is 8.05. The second-order valence-electron chi connectivity index (χ2n) is 2.93. The summed E-state index contributed by atoms with van der Waals surface area (Å²) in [6, 6.07) is 0. The maximum atomic E-state index is 10.7. The van der Waals surface area contributed by atoms with Gasteiger partial charge < -0.3 is 4.74 Å². The highest BCUT2D eigenvalue weighted by Crippen LogP contribution is 2.15. The van der Waals surface area contributed by atoms with Crippen LogP contribution in [0, 0.1) is 0 Å². The normalized spacial score (nSPS) is 20.3. The van der Waals surface area contributed by atoms with Crippen LogP contribution in [0.5, 0.6) is 0 Å². The van der Waals surface area contributed by atoms with E-state index >= 15 is 0 Å². The van der Waals surface area contributed by atoms with Gasteiger partial charge in [-0.25, -0.2) is 13.1 Å². The molecule has 0 saturated carbocycles. The van der Waals surface area contributed by atoms with E-state index in [9.17, 15) is 8.42 Å². The fourth-order valence-electron chi connectivity index (χ4n) is 0.915. The molecule has 1 N–H and O–H groups in total. The SMILES string of the molecule is CC.CC1(NS(C)(=O)=O)COC1. The van der Waals surface area contributed by atoms with Crippen molar-refractivity contribution < 1.29 is 13.2 Å². The molecule has 0 unspecified atom stereocenters. The van der Waals surface area contributed by atoms with Crippen molar-refractivity contribution in [2.24, 2.45) is 0 Å². The smallest absolute Gasteiger partial charge is 0.209 e. The third-order valence-electron chi connectivity index (χ3n) is 1.27. The van der Waals surface area contributed by atoms with Crippen molar-refractivity contribution in [3.8, 4) is 0 Å². The molecule has 0 aromatic rings. The molecule has 5 heteroatoms. The molecule has 0 radical (unpaired) electrons. The molecule has 12 heavy (non-hydrogen) atoms. The highest BCUT2D eigenvalue weighted by molar-refractivity contribution is 7.88. The Morgan fingerprint density at radius 1 is 1.33 bits per heavy atom. The van der Waals surface area contributed by atoms with Gasteiger partial charge in [-0.1, -0.05) is 13.8 Å². The zero-order valence-corrected chi connectivity index (χ0v) is 8.86. The van der Waals surface area contributed by atoms with E-state index in [1.165, 1.54) is 0 Å². The van der Waals surface area contributed by atoms with Gasteiger partial charge in [0.05, 0.1) is 25.0 Å². The highest BCUT2D eigenvalue weighted by Gasteiger charge is 2.35. The lowest BCUT2D eigenvalue weighted by atomic mass is 10.0. The maximum absolute atomic E-state index is 10.7. The van der Waals surface area contributed by atoms with E-state index in [2.05, 4.69) is 4.72 Å². The van der Waals surface area contributed by atoms with Gasteiger partial charge in [0.1, 0.15) is 0 Å². The van der Waals surface area contributed by atoms with E-state index in [0.29, 0.717) is 13.2 Å². The Bertz CT molecular complexity index is 219. The number of nitrogens with one attached hydrogen (secondary N) is 1. The molecule has 1 rings (SSSR count). The molecule has 4 nitrogen and oxygen atoms in total. The van der Waals surface area contributed by atoms with Crippen LogP contribution >= 0.6 is 0 Å². The summed E-state index contributed by atoms with van der Waals surface area (Å²) in [4.78, 5) is 0. The lowest BCUT2D eigenvalue weighted by Crippen LogP contribution is -2.59. The Morgan fingerprint density at radius 3 is 1.83 bits per heavy atom. The van der Waals surface area contributed by atoms with Crippen LogP contribution in [0.2, 0.25) is 0 Å². The average Bonchev–Trinajstić information content (AvgIpc) is 1.86. The van der Waals surface area contributed by atoms with E-state index < -0.39 is 10.0 Å². The molecule has 1 heterocycles. The maximum Gasteiger partial charge on any atom is 0.209 e. The van der Waals surface area contributed by atoms with Crippen LogP contribution in [-0.2, 0) is 14.8 Å². The van der Waals surface area contributed by atoms with Gasteiger partial charge in [0.2, 0.25) is 10.0 Å². The van der Waals surface area contributed by atoms with Gasteiger partial charge in [0.25, 0.3) is 0 Å². The third kappa shape index (κ3) is 4.04. The van der Waals surface area contributed by atoms with Crippen LogP contribution < -0.4 is 4.72 Å². The van der Waals surface area contributed by atoms with Gasteiger partial charge in [-0.15, -0.1) is 0 Å². The van der Waals surface area contributed by atoms with Crippen molar-refractivity contribution in [1.29, 1.82) is 0 Å². The number of ether oxygens (including phenoxy) is 1. The average molecular weight is 195 g/mol. The van der Waals surface area contributed by atoms with Gasteiger partial charge in [-0.05, 0) is 6.92 Å². The van der Waals surface area contributed by atoms with E-state index in [0.717, 1.165) is 6.26 Å². The van der Waals surface area contributed by atoms with Crippen LogP contribution in [-0.4, -0.2) is 33.4 Å². The second-order valence-corrected chi connectivity index (χ2v) is 4.68. The minimum atomic E-state index is -3.07. The van der Waals surface area contributed by atoms with Crippen LogP contribution in [0.3, 0.4) is 0 Å². The summed E-state index contributed by atoms with van der Waals surface area (Å²) >= 11 is 0. The quantitative estimate of drug-likeness (QED) is 0.691. The van der Waals surface area contributed by atoms with Crippen LogP contribution in [0.15, 0.2) is 0 Å². The van der Waals surface area contributed by atoms with Gasteiger partial charge in [-0.2, -0.15) is 0 Å². The third-order valence-corrected chi connectivity index (χ3v) is 2.14. The molecule has 0 aliphatic carbocycles.